The molecule has 106 valence electrons. The van der Waals surface area contributed by atoms with Gasteiger partial charge in [-0.3, -0.25) is 4.79 Å². The topological polar surface area (TPSA) is 41.6 Å². The first-order valence-corrected chi connectivity index (χ1v) is 7.10. The van der Waals surface area contributed by atoms with Gasteiger partial charge in [-0.2, -0.15) is 0 Å². The second-order valence-corrected chi connectivity index (χ2v) is 5.61. The molecule has 0 spiro atoms. The number of esters is 1. The Morgan fingerprint density at radius 1 is 1.44 bits per heavy atom. The Labute approximate surface area is 111 Å². The highest BCUT2D eigenvalue weighted by atomic mass is 16.5. The maximum Gasteiger partial charge on any atom is 0.327 e. The van der Waals surface area contributed by atoms with Gasteiger partial charge in [-0.15, -0.1) is 0 Å². The molecule has 2 atom stereocenters. The number of ether oxygens (including phenoxy) is 1. The summed E-state index contributed by atoms with van der Waals surface area (Å²) < 4.78 is 5.16. The molecule has 0 bridgehead atoms. The first-order valence-electron chi connectivity index (χ1n) is 7.10. The smallest absolute Gasteiger partial charge is 0.327 e. The summed E-state index contributed by atoms with van der Waals surface area (Å²) in [5.41, 5.74) is -0.594. The summed E-state index contributed by atoms with van der Waals surface area (Å²) in [5, 5.41) is 3.13. The Morgan fingerprint density at radius 3 is 2.78 bits per heavy atom. The van der Waals surface area contributed by atoms with Crippen LogP contribution in [0.15, 0.2) is 0 Å². The molecule has 0 radical (unpaired) electrons. The van der Waals surface area contributed by atoms with Gasteiger partial charge in [-0.05, 0) is 59.2 Å². The summed E-state index contributed by atoms with van der Waals surface area (Å²) in [7, 11) is 1.83. The molecule has 0 aromatic rings. The summed E-state index contributed by atoms with van der Waals surface area (Å²) in [6.07, 6.45) is 3.75. The van der Waals surface area contributed by atoms with Crippen LogP contribution in [0.4, 0.5) is 0 Å². The molecule has 0 saturated carbocycles. The number of nitrogens with one attached hydrogen (secondary N) is 1. The van der Waals surface area contributed by atoms with Crippen molar-refractivity contribution < 1.29 is 9.53 Å². The number of nitrogens with zero attached hydrogens (tertiary/aromatic N) is 1. The van der Waals surface area contributed by atoms with Gasteiger partial charge in [-0.25, -0.2) is 0 Å². The molecule has 4 heteroatoms. The van der Waals surface area contributed by atoms with Crippen molar-refractivity contribution in [3.05, 3.63) is 0 Å². The van der Waals surface area contributed by atoms with Crippen molar-refractivity contribution in [1.82, 2.24) is 10.2 Å². The molecular weight excluding hydrogens is 228 g/mol. The van der Waals surface area contributed by atoms with Crippen molar-refractivity contribution in [1.29, 1.82) is 0 Å². The minimum Gasteiger partial charge on any atom is -0.465 e. The van der Waals surface area contributed by atoms with Crippen molar-refractivity contribution >= 4 is 5.97 Å². The van der Waals surface area contributed by atoms with Gasteiger partial charge in [0.15, 0.2) is 0 Å². The Morgan fingerprint density at radius 2 is 2.17 bits per heavy atom. The summed E-state index contributed by atoms with van der Waals surface area (Å²) in [4.78, 5) is 14.4. The van der Waals surface area contributed by atoms with Crippen molar-refractivity contribution in [2.75, 3.05) is 33.3 Å². The molecule has 1 fully saturated rings. The van der Waals surface area contributed by atoms with Gasteiger partial charge in [0.2, 0.25) is 0 Å². The largest absolute Gasteiger partial charge is 0.465 e. The zero-order valence-electron chi connectivity index (χ0n) is 12.3. The lowest BCUT2D eigenvalue weighted by atomic mass is 10.0. The molecule has 1 rings (SSSR count). The van der Waals surface area contributed by atoms with E-state index in [-0.39, 0.29) is 5.97 Å². The number of hydrogen-bond donors (Lipinski definition) is 1. The number of carbonyl (C=O) groups excluding carboxylic acids is 1. The van der Waals surface area contributed by atoms with Crippen LogP contribution in [-0.4, -0.2) is 49.7 Å². The lowest BCUT2D eigenvalue weighted by Gasteiger charge is -2.32. The zero-order chi connectivity index (χ0) is 13.6. The lowest BCUT2D eigenvalue weighted by Crippen LogP contribution is -2.56. The van der Waals surface area contributed by atoms with Gasteiger partial charge in [0.05, 0.1) is 6.61 Å². The Kier molecular flexibility index (Phi) is 6.09. The van der Waals surface area contributed by atoms with Crippen LogP contribution in [0, 0.1) is 5.92 Å². The number of rotatable bonds is 5. The number of likely N-dealkylation sites (N-methyl/N-ethyl adjacent to an activating group) is 1. The summed E-state index contributed by atoms with van der Waals surface area (Å²) in [6.45, 7) is 9.42. The summed E-state index contributed by atoms with van der Waals surface area (Å²) in [6, 6.07) is 0. The van der Waals surface area contributed by atoms with Gasteiger partial charge in [0.1, 0.15) is 5.54 Å². The third kappa shape index (κ3) is 4.25. The fraction of sp³-hybridized carbons (Fsp3) is 0.929. The van der Waals surface area contributed by atoms with E-state index in [0.717, 1.165) is 25.6 Å². The van der Waals surface area contributed by atoms with E-state index >= 15 is 0 Å². The van der Waals surface area contributed by atoms with E-state index in [4.69, 9.17) is 4.74 Å². The minimum atomic E-state index is -0.594. The molecule has 1 saturated heterocycles. The van der Waals surface area contributed by atoms with Crippen LogP contribution in [0.1, 0.15) is 40.0 Å². The number of carbonyl (C=O) groups is 1. The summed E-state index contributed by atoms with van der Waals surface area (Å²) >= 11 is 0. The standard InChI is InChI=1S/C14H28N2O2/c1-5-18-13(17)14(3,15-4)11-16-9-6-7-12(2)8-10-16/h12,15H,5-11H2,1-4H3. The monoisotopic (exact) mass is 256 g/mol. The maximum atomic E-state index is 12.0. The predicted octanol–water partition coefficient (Wildman–Crippen LogP) is 1.65. The van der Waals surface area contributed by atoms with Crippen LogP contribution in [0.3, 0.4) is 0 Å². The predicted molar refractivity (Wildman–Crippen MR) is 73.6 cm³/mol. The first kappa shape index (κ1) is 15.4. The van der Waals surface area contributed by atoms with E-state index in [0.29, 0.717) is 6.61 Å². The quantitative estimate of drug-likeness (QED) is 0.760. The zero-order valence-corrected chi connectivity index (χ0v) is 12.3. The molecular formula is C14H28N2O2. The Balaban J connectivity index is 2.58. The highest BCUT2D eigenvalue weighted by Crippen LogP contribution is 2.18. The highest BCUT2D eigenvalue weighted by Gasteiger charge is 2.35. The average Bonchev–Trinajstić information content (AvgIpc) is 2.54. The van der Waals surface area contributed by atoms with Crippen LogP contribution in [-0.2, 0) is 9.53 Å². The van der Waals surface area contributed by atoms with E-state index in [1.165, 1.54) is 19.3 Å². The fourth-order valence-corrected chi connectivity index (χ4v) is 2.46. The SMILES string of the molecule is CCOC(=O)C(C)(CN1CCCC(C)CC1)NC. The molecule has 4 nitrogen and oxygen atoms in total. The van der Waals surface area contributed by atoms with Crippen molar-refractivity contribution in [2.24, 2.45) is 5.92 Å². The van der Waals surface area contributed by atoms with E-state index in [1.54, 1.807) is 0 Å². The number of likely N-dealkylation sites (tertiary alicyclic amines) is 1. The van der Waals surface area contributed by atoms with Crippen LogP contribution >= 0.6 is 0 Å². The summed E-state index contributed by atoms with van der Waals surface area (Å²) in [5.74, 6) is 0.656. The maximum absolute atomic E-state index is 12.0. The second-order valence-electron chi connectivity index (χ2n) is 5.61. The minimum absolute atomic E-state index is 0.148. The van der Waals surface area contributed by atoms with E-state index < -0.39 is 5.54 Å². The molecule has 18 heavy (non-hydrogen) atoms. The van der Waals surface area contributed by atoms with E-state index in [1.807, 2.05) is 20.9 Å². The highest BCUT2D eigenvalue weighted by molar-refractivity contribution is 5.80. The molecule has 1 aliphatic rings. The Bertz CT molecular complexity index is 271. The van der Waals surface area contributed by atoms with Crippen LogP contribution < -0.4 is 5.32 Å². The van der Waals surface area contributed by atoms with Crippen molar-refractivity contribution in [2.45, 2.75) is 45.6 Å². The van der Waals surface area contributed by atoms with E-state index in [9.17, 15) is 4.79 Å². The lowest BCUT2D eigenvalue weighted by molar-refractivity contribution is -0.151. The van der Waals surface area contributed by atoms with Gasteiger partial charge >= 0.3 is 5.97 Å². The Hall–Kier alpha value is -0.610. The van der Waals surface area contributed by atoms with Crippen LogP contribution in [0.2, 0.25) is 0 Å². The molecule has 1 aliphatic heterocycles. The van der Waals surface area contributed by atoms with Gasteiger partial charge in [0.25, 0.3) is 0 Å². The molecule has 0 aromatic carbocycles. The third-order valence-corrected chi connectivity index (χ3v) is 3.93. The van der Waals surface area contributed by atoms with Gasteiger partial charge < -0.3 is 15.0 Å². The van der Waals surface area contributed by atoms with Crippen molar-refractivity contribution in [3.8, 4) is 0 Å². The van der Waals surface area contributed by atoms with Crippen LogP contribution in [0.5, 0.6) is 0 Å². The molecule has 1 N–H and O–H groups in total. The fourth-order valence-electron chi connectivity index (χ4n) is 2.46. The normalized spacial score (nSPS) is 25.2. The molecule has 1 heterocycles. The average molecular weight is 256 g/mol. The second kappa shape index (κ2) is 7.10. The third-order valence-electron chi connectivity index (χ3n) is 3.93. The number of hydrogen-bond acceptors (Lipinski definition) is 4. The first-order chi connectivity index (χ1) is 8.51. The van der Waals surface area contributed by atoms with E-state index in [2.05, 4.69) is 17.1 Å². The molecule has 0 amide bonds. The molecule has 0 aliphatic carbocycles. The molecule has 2 unspecified atom stereocenters. The van der Waals surface area contributed by atoms with Gasteiger partial charge in [-0.1, -0.05) is 6.92 Å². The molecule has 0 aromatic heterocycles. The van der Waals surface area contributed by atoms with Crippen LogP contribution in [0.25, 0.3) is 0 Å². The van der Waals surface area contributed by atoms with Gasteiger partial charge in [0, 0.05) is 6.54 Å². The van der Waals surface area contributed by atoms with Crippen molar-refractivity contribution in [3.63, 3.8) is 0 Å².